The molecule has 0 aromatic carbocycles. The van der Waals surface area contributed by atoms with Crippen molar-refractivity contribution >= 4 is 11.3 Å². The summed E-state index contributed by atoms with van der Waals surface area (Å²) in [5.41, 5.74) is 0.641. The molecule has 2 rings (SSSR count). The van der Waals surface area contributed by atoms with E-state index in [-0.39, 0.29) is 0 Å². The van der Waals surface area contributed by atoms with Gasteiger partial charge < -0.3 is 5.11 Å². The zero-order valence-corrected chi connectivity index (χ0v) is 8.53. The van der Waals surface area contributed by atoms with Crippen molar-refractivity contribution in [3.05, 3.63) is 46.2 Å². The fourth-order valence-corrected chi connectivity index (χ4v) is 2.09. The zero-order chi connectivity index (χ0) is 9.97. The maximum atomic E-state index is 9.93. The molecule has 0 bridgehead atoms. The molecular weight excluding hydrogens is 196 g/mol. The van der Waals surface area contributed by atoms with Crippen molar-refractivity contribution in [2.75, 3.05) is 0 Å². The first-order valence-corrected chi connectivity index (χ1v) is 5.09. The Kier molecular flexibility index (Phi) is 2.56. The molecule has 0 aliphatic heterocycles. The normalized spacial score (nSPS) is 12.7. The van der Waals surface area contributed by atoms with Crippen LogP contribution in [-0.4, -0.2) is 15.1 Å². The van der Waals surface area contributed by atoms with E-state index in [0.717, 1.165) is 4.88 Å². The average Bonchev–Trinajstić information content (AvgIpc) is 2.65. The highest BCUT2D eigenvalue weighted by Gasteiger charge is 2.12. The Bertz CT molecular complexity index is 413. The average molecular weight is 206 g/mol. The Labute approximate surface area is 86.1 Å². The Morgan fingerprint density at radius 3 is 2.79 bits per heavy atom. The summed E-state index contributed by atoms with van der Waals surface area (Å²) in [6, 6.07) is 5.64. The molecule has 0 aliphatic carbocycles. The highest BCUT2D eigenvalue weighted by atomic mass is 32.1. The van der Waals surface area contributed by atoms with Gasteiger partial charge in [0.2, 0.25) is 0 Å². The van der Waals surface area contributed by atoms with Crippen LogP contribution in [0.2, 0.25) is 0 Å². The topological polar surface area (TPSA) is 46.0 Å². The molecule has 0 radical (unpaired) electrons. The molecule has 2 heterocycles. The van der Waals surface area contributed by atoms with E-state index in [4.69, 9.17) is 0 Å². The molecule has 0 saturated carbocycles. The first kappa shape index (κ1) is 9.30. The predicted molar refractivity (Wildman–Crippen MR) is 55.1 cm³/mol. The van der Waals surface area contributed by atoms with Gasteiger partial charge in [-0.1, -0.05) is 0 Å². The van der Waals surface area contributed by atoms with Gasteiger partial charge in [0.1, 0.15) is 12.4 Å². The summed E-state index contributed by atoms with van der Waals surface area (Å²) in [5, 5.41) is 9.93. The van der Waals surface area contributed by atoms with Gasteiger partial charge in [0.25, 0.3) is 0 Å². The second kappa shape index (κ2) is 3.86. The third kappa shape index (κ3) is 1.81. The predicted octanol–water partition coefficient (Wildman–Crippen LogP) is 1.93. The van der Waals surface area contributed by atoms with Crippen LogP contribution < -0.4 is 0 Å². The third-order valence-electron chi connectivity index (χ3n) is 1.92. The Hall–Kier alpha value is -1.26. The summed E-state index contributed by atoms with van der Waals surface area (Å²) >= 11 is 1.58. The number of hydrogen-bond donors (Lipinski definition) is 1. The van der Waals surface area contributed by atoms with Crippen molar-refractivity contribution in [3.63, 3.8) is 0 Å². The second-order valence-electron chi connectivity index (χ2n) is 2.99. The van der Waals surface area contributed by atoms with Crippen molar-refractivity contribution in [1.29, 1.82) is 0 Å². The molecule has 1 unspecified atom stereocenters. The Morgan fingerprint density at radius 1 is 1.36 bits per heavy atom. The molecule has 0 aliphatic rings. The Morgan fingerprint density at radius 2 is 2.21 bits per heavy atom. The molecule has 4 heteroatoms. The fraction of sp³-hybridized carbons (Fsp3) is 0.200. The number of hydrogen-bond acceptors (Lipinski definition) is 4. The van der Waals surface area contributed by atoms with Crippen molar-refractivity contribution in [2.45, 2.75) is 13.0 Å². The smallest absolute Gasteiger partial charge is 0.130 e. The maximum absolute atomic E-state index is 9.93. The number of aliphatic hydroxyl groups is 1. The number of nitrogens with zero attached hydrogens (tertiary/aromatic N) is 2. The van der Waals surface area contributed by atoms with E-state index < -0.39 is 6.10 Å². The van der Waals surface area contributed by atoms with Crippen LogP contribution in [0.1, 0.15) is 21.6 Å². The molecule has 0 spiro atoms. The van der Waals surface area contributed by atoms with E-state index in [2.05, 4.69) is 9.97 Å². The summed E-state index contributed by atoms with van der Waals surface area (Å²) in [7, 11) is 0. The summed E-state index contributed by atoms with van der Waals surface area (Å²) in [5.74, 6) is 0. The number of aliphatic hydroxyl groups excluding tert-OH is 1. The van der Waals surface area contributed by atoms with Crippen LogP contribution in [-0.2, 0) is 0 Å². The van der Waals surface area contributed by atoms with Gasteiger partial charge in [-0.15, -0.1) is 11.3 Å². The largest absolute Gasteiger partial charge is 0.381 e. The maximum Gasteiger partial charge on any atom is 0.130 e. The molecule has 1 atom stereocenters. The van der Waals surface area contributed by atoms with Gasteiger partial charge in [0.05, 0.1) is 5.69 Å². The summed E-state index contributed by atoms with van der Waals surface area (Å²) < 4.78 is 0. The molecular formula is C10H10N2OS. The highest BCUT2D eigenvalue weighted by molar-refractivity contribution is 7.12. The minimum Gasteiger partial charge on any atom is -0.381 e. The van der Waals surface area contributed by atoms with Crippen molar-refractivity contribution in [3.8, 4) is 0 Å². The van der Waals surface area contributed by atoms with Crippen molar-refractivity contribution in [1.82, 2.24) is 9.97 Å². The van der Waals surface area contributed by atoms with Crippen LogP contribution in [0.5, 0.6) is 0 Å². The SMILES string of the molecule is Cc1ccc(C(O)c2ccncn2)s1. The van der Waals surface area contributed by atoms with Gasteiger partial charge in [-0.05, 0) is 25.1 Å². The van der Waals surface area contributed by atoms with Gasteiger partial charge in [0.15, 0.2) is 0 Å². The summed E-state index contributed by atoms with van der Waals surface area (Å²) in [6.07, 6.45) is 2.45. The van der Waals surface area contributed by atoms with E-state index in [1.54, 1.807) is 23.6 Å². The lowest BCUT2D eigenvalue weighted by Crippen LogP contribution is -1.99. The zero-order valence-electron chi connectivity index (χ0n) is 7.71. The van der Waals surface area contributed by atoms with Crippen molar-refractivity contribution < 1.29 is 5.11 Å². The van der Waals surface area contributed by atoms with Crippen molar-refractivity contribution in [2.24, 2.45) is 0 Å². The van der Waals surface area contributed by atoms with Crippen LogP contribution in [0.15, 0.2) is 30.7 Å². The lowest BCUT2D eigenvalue weighted by atomic mass is 10.2. The molecule has 72 valence electrons. The molecule has 0 amide bonds. The van der Waals surface area contributed by atoms with E-state index in [9.17, 15) is 5.11 Å². The second-order valence-corrected chi connectivity index (χ2v) is 4.30. The van der Waals surface area contributed by atoms with Gasteiger partial charge >= 0.3 is 0 Å². The standard InChI is InChI=1S/C10H10N2OS/c1-7-2-3-9(14-7)10(13)8-4-5-11-6-12-8/h2-6,10,13H,1H3. The summed E-state index contributed by atoms with van der Waals surface area (Å²) in [6.45, 7) is 2.01. The molecule has 14 heavy (non-hydrogen) atoms. The first-order valence-electron chi connectivity index (χ1n) is 4.27. The Balaban J connectivity index is 2.29. The lowest BCUT2D eigenvalue weighted by Gasteiger charge is -2.06. The van der Waals surface area contributed by atoms with E-state index >= 15 is 0 Å². The number of thiophene rings is 1. The van der Waals surface area contributed by atoms with E-state index in [1.165, 1.54) is 11.2 Å². The van der Waals surface area contributed by atoms with Gasteiger partial charge in [-0.2, -0.15) is 0 Å². The number of aryl methyl sites for hydroxylation is 1. The monoisotopic (exact) mass is 206 g/mol. The molecule has 0 saturated heterocycles. The van der Waals surface area contributed by atoms with Crippen LogP contribution >= 0.6 is 11.3 Å². The van der Waals surface area contributed by atoms with Gasteiger partial charge in [-0.3, -0.25) is 0 Å². The highest BCUT2D eigenvalue weighted by Crippen LogP contribution is 2.26. The van der Waals surface area contributed by atoms with Crippen LogP contribution in [0, 0.1) is 6.92 Å². The van der Waals surface area contributed by atoms with E-state index in [0.29, 0.717) is 5.69 Å². The quantitative estimate of drug-likeness (QED) is 0.816. The lowest BCUT2D eigenvalue weighted by molar-refractivity contribution is 0.219. The molecule has 2 aromatic rings. The van der Waals surface area contributed by atoms with E-state index in [1.807, 2.05) is 19.1 Å². The molecule has 2 aromatic heterocycles. The molecule has 0 fully saturated rings. The number of aromatic nitrogens is 2. The first-order chi connectivity index (χ1) is 6.77. The van der Waals surface area contributed by atoms with Gasteiger partial charge in [0, 0.05) is 16.0 Å². The molecule has 1 N–H and O–H groups in total. The van der Waals surface area contributed by atoms with Crippen LogP contribution in [0.4, 0.5) is 0 Å². The fourth-order valence-electron chi connectivity index (χ4n) is 1.21. The van der Waals surface area contributed by atoms with Crippen LogP contribution in [0.25, 0.3) is 0 Å². The number of rotatable bonds is 2. The summed E-state index contributed by atoms with van der Waals surface area (Å²) in [4.78, 5) is 9.92. The molecule has 3 nitrogen and oxygen atoms in total. The van der Waals surface area contributed by atoms with Gasteiger partial charge in [-0.25, -0.2) is 9.97 Å². The minimum atomic E-state index is -0.628. The van der Waals surface area contributed by atoms with Crippen LogP contribution in [0.3, 0.4) is 0 Å². The minimum absolute atomic E-state index is 0.628. The third-order valence-corrected chi connectivity index (χ3v) is 2.97.